The number of nitrogens with one attached hydrogen (secondary N) is 2. The zero-order valence-electron chi connectivity index (χ0n) is 18.0. The molecule has 0 radical (unpaired) electrons. The maximum Gasteiger partial charge on any atom is 0.245 e. The van der Waals surface area contributed by atoms with Crippen LogP contribution in [0.15, 0.2) is 59.7 Å². The van der Waals surface area contributed by atoms with Gasteiger partial charge in [-0.2, -0.15) is 0 Å². The maximum absolute atomic E-state index is 13.0. The van der Waals surface area contributed by atoms with Gasteiger partial charge in [0, 0.05) is 25.4 Å². The van der Waals surface area contributed by atoms with E-state index in [1.807, 2.05) is 62.4 Å². The average Bonchev–Trinajstić information content (AvgIpc) is 2.74. The van der Waals surface area contributed by atoms with E-state index >= 15 is 0 Å². The third-order valence-corrected chi connectivity index (χ3v) is 4.70. The topological polar surface area (TPSA) is 83.5 Å². The number of amides is 2. The Morgan fingerprint density at radius 3 is 2.43 bits per heavy atom. The number of unbranched alkanes of at least 4 members (excludes halogenated alkanes) is 1. The van der Waals surface area contributed by atoms with Gasteiger partial charge >= 0.3 is 0 Å². The molecule has 6 heteroatoms. The van der Waals surface area contributed by atoms with Gasteiger partial charge in [0.25, 0.3) is 0 Å². The number of benzene rings is 1. The summed E-state index contributed by atoms with van der Waals surface area (Å²) in [5.74, 6) is -0.453. The van der Waals surface area contributed by atoms with Crippen LogP contribution in [-0.4, -0.2) is 41.6 Å². The second kappa shape index (κ2) is 12.5. The number of hydrogen-bond acceptors (Lipinski definition) is 4. The Kier molecular flexibility index (Phi) is 9.71. The number of hydrogen-bond donors (Lipinski definition) is 2. The summed E-state index contributed by atoms with van der Waals surface area (Å²) >= 11 is 0. The first-order valence-electron chi connectivity index (χ1n) is 10.6. The van der Waals surface area contributed by atoms with Crippen molar-refractivity contribution in [1.29, 1.82) is 0 Å². The molecule has 0 aliphatic rings. The Balaban J connectivity index is 2.12. The second-order valence-corrected chi connectivity index (χ2v) is 7.62. The Morgan fingerprint density at radius 1 is 1.07 bits per heavy atom. The van der Waals surface area contributed by atoms with Crippen molar-refractivity contribution < 1.29 is 9.59 Å². The molecule has 0 spiro atoms. The lowest BCUT2D eigenvalue weighted by Crippen LogP contribution is -2.51. The van der Waals surface area contributed by atoms with Crippen LogP contribution < -0.4 is 10.6 Å². The monoisotopic (exact) mass is 408 g/mol. The lowest BCUT2D eigenvalue weighted by Gasteiger charge is -2.22. The zero-order valence-corrected chi connectivity index (χ0v) is 18.0. The van der Waals surface area contributed by atoms with Crippen LogP contribution in [-0.2, 0) is 16.0 Å². The van der Waals surface area contributed by atoms with Gasteiger partial charge in [0.1, 0.15) is 12.1 Å². The van der Waals surface area contributed by atoms with E-state index in [0.29, 0.717) is 18.7 Å². The molecule has 0 saturated heterocycles. The molecular formula is C24H32N4O2. The third kappa shape index (κ3) is 7.78. The molecule has 0 aliphatic carbocycles. The molecule has 1 aromatic heterocycles. The smallest absolute Gasteiger partial charge is 0.245 e. The van der Waals surface area contributed by atoms with Crippen molar-refractivity contribution >= 4 is 18.0 Å². The van der Waals surface area contributed by atoms with Crippen LogP contribution in [0.1, 0.15) is 44.9 Å². The predicted molar refractivity (Wildman–Crippen MR) is 120 cm³/mol. The number of aromatic nitrogens is 1. The fraction of sp³-hybridized carbons (Fsp3) is 0.417. The average molecular weight is 409 g/mol. The maximum atomic E-state index is 13.0. The molecule has 30 heavy (non-hydrogen) atoms. The normalized spacial score (nSPS) is 13.2. The summed E-state index contributed by atoms with van der Waals surface area (Å²) in [5, 5.41) is 5.86. The van der Waals surface area contributed by atoms with Gasteiger partial charge in [-0.25, -0.2) is 0 Å². The van der Waals surface area contributed by atoms with E-state index in [2.05, 4.69) is 27.5 Å². The Bertz CT molecular complexity index is 806. The molecule has 160 valence electrons. The molecule has 2 atom stereocenters. The molecular weight excluding hydrogens is 376 g/mol. The van der Waals surface area contributed by atoms with Gasteiger partial charge in [0.2, 0.25) is 11.8 Å². The summed E-state index contributed by atoms with van der Waals surface area (Å²) in [7, 11) is 0. The van der Waals surface area contributed by atoms with E-state index in [4.69, 9.17) is 0 Å². The summed E-state index contributed by atoms with van der Waals surface area (Å²) in [6.45, 7) is 6.55. The molecule has 2 rings (SSSR count). The van der Waals surface area contributed by atoms with Crippen molar-refractivity contribution in [3.8, 4) is 0 Å². The number of nitrogens with zero attached hydrogens (tertiary/aromatic N) is 2. The highest BCUT2D eigenvalue weighted by atomic mass is 16.2. The van der Waals surface area contributed by atoms with Crippen molar-refractivity contribution in [3.63, 3.8) is 0 Å². The summed E-state index contributed by atoms with van der Waals surface area (Å²) in [6, 6.07) is 14.0. The predicted octanol–water partition coefficient (Wildman–Crippen LogP) is 3.17. The molecule has 2 aromatic rings. The van der Waals surface area contributed by atoms with Crippen LogP contribution in [0.2, 0.25) is 0 Å². The molecule has 2 amide bonds. The van der Waals surface area contributed by atoms with Gasteiger partial charge in [0.05, 0.1) is 5.69 Å². The van der Waals surface area contributed by atoms with Crippen LogP contribution in [0.3, 0.4) is 0 Å². The fourth-order valence-corrected chi connectivity index (χ4v) is 2.98. The summed E-state index contributed by atoms with van der Waals surface area (Å²) in [4.78, 5) is 34.4. The highest BCUT2D eigenvalue weighted by Crippen LogP contribution is 2.10. The van der Waals surface area contributed by atoms with Gasteiger partial charge in [-0.05, 0) is 30.0 Å². The number of carbonyl (C=O) groups excluding carboxylic acids is 2. The van der Waals surface area contributed by atoms with E-state index in [0.717, 1.165) is 18.4 Å². The van der Waals surface area contributed by atoms with Crippen molar-refractivity contribution in [3.05, 3.63) is 66.0 Å². The van der Waals surface area contributed by atoms with Gasteiger partial charge in [0.15, 0.2) is 0 Å². The van der Waals surface area contributed by atoms with Crippen molar-refractivity contribution in [1.82, 2.24) is 15.6 Å². The molecule has 1 aromatic carbocycles. The first-order valence-corrected chi connectivity index (χ1v) is 10.6. The van der Waals surface area contributed by atoms with Crippen LogP contribution >= 0.6 is 0 Å². The fourth-order valence-electron chi connectivity index (χ4n) is 2.98. The van der Waals surface area contributed by atoms with Crippen LogP contribution in [0.4, 0.5) is 0 Å². The number of pyridine rings is 1. The standard InChI is InChI=1S/C24H32N4O2/c1-4-5-14-26-23(29)21(16-19-11-7-6-8-12-19)28-24(30)22(18(2)3)27-17-20-13-9-10-15-25-20/h6-13,15,17-18,21-22H,4-5,14,16H2,1-3H3,(H,26,29)(H,28,30)/t21-,22-/m0/s1. The SMILES string of the molecule is CCCCNC(=O)[C@H](Cc1ccccc1)NC(=O)[C@@H](N=Cc1ccccn1)C(C)C. The zero-order chi connectivity index (χ0) is 21.8. The highest BCUT2D eigenvalue weighted by Gasteiger charge is 2.27. The largest absolute Gasteiger partial charge is 0.354 e. The van der Waals surface area contributed by atoms with E-state index in [1.165, 1.54) is 0 Å². The first-order chi connectivity index (χ1) is 14.5. The Labute approximate surface area is 179 Å². The van der Waals surface area contributed by atoms with Crippen LogP contribution in [0.25, 0.3) is 0 Å². The molecule has 0 fully saturated rings. The van der Waals surface area contributed by atoms with E-state index in [1.54, 1.807) is 12.4 Å². The van der Waals surface area contributed by atoms with Gasteiger partial charge in [-0.1, -0.05) is 63.6 Å². The molecule has 1 heterocycles. The van der Waals surface area contributed by atoms with Gasteiger partial charge < -0.3 is 10.6 Å². The lowest BCUT2D eigenvalue weighted by atomic mass is 10.0. The van der Waals surface area contributed by atoms with Crippen molar-refractivity contribution in [2.45, 2.75) is 52.1 Å². The minimum atomic E-state index is -0.650. The van der Waals surface area contributed by atoms with E-state index in [-0.39, 0.29) is 17.7 Å². The summed E-state index contributed by atoms with van der Waals surface area (Å²) < 4.78 is 0. The molecule has 2 N–H and O–H groups in total. The van der Waals surface area contributed by atoms with E-state index in [9.17, 15) is 9.59 Å². The molecule has 0 saturated carbocycles. The molecule has 0 bridgehead atoms. The minimum Gasteiger partial charge on any atom is -0.354 e. The van der Waals surface area contributed by atoms with Gasteiger partial charge in [-0.15, -0.1) is 0 Å². The summed E-state index contributed by atoms with van der Waals surface area (Å²) in [5.41, 5.74) is 1.68. The Hall–Kier alpha value is -3.02. The molecule has 0 unspecified atom stereocenters. The highest BCUT2D eigenvalue weighted by molar-refractivity contribution is 5.91. The van der Waals surface area contributed by atoms with E-state index < -0.39 is 12.1 Å². The first kappa shape index (κ1) is 23.3. The van der Waals surface area contributed by atoms with Crippen molar-refractivity contribution in [2.75, 3.05) is 6.54 Å². The van der Waals surface area contributed by atoms with Crippen LogP contribution in [0.5, 0.6) is 0 Å². The third-order valence-electron chi connectivity index (χ3n) is 4.70. The van der Waals surface area contributed by atoms with Crippen LogP contribution in [0, 0.1) is 5.92 Å². The second-order valence-electron chi connectivity index (χ2n) is 7.62. The quantitative estimate of drug-likeness (QED) is 0.442. The minimum absolute atomic E-state index is 0.0227. The lowest BCUT2D eigenvalue weighted by molar-refractivity contribution is -0.130. The number of aliphatic imine (C=N–C) groups is 1. The Morgan fingerprint density at radius 2 is 1.80 bits per heavy atom. The van der Waals surface area contributed by atoms with Crippen molar-refractivity contribution in [2.24, 2.45) is 10.9 Å². The molecule has 0 aliphatic heterocycles. The molecule has 6 nitrogen and oxygen atoms in total. The number of carbonyl (C=O) groups is 2. The van der Waals surface area contributed by atoms with Gasteiger partial charge in [-0.3, -0.25) is 19.6 Å². The summed E-state index contributed by atoms with van der Waals surface area (Å²) in [6.07, 6.45) is 5.62. The number of rotatable bonds is 11.